The van der Waals surface area contributed by atoms with E-state index in [0.717, 1.165) is 43.4 Å². The summed E-state index contributed by atoms with van der Waals surface area (Å²) in [5.74, 6) is 1.42. The summed E-state index contributed by atoms with van der Waals surface area (Å²) >= 11 is 1.71. The average molecular weight is 278 g/mol. The Labute approximate surface area is 116 Å². The van der Waals surface area contributed by atoms with Crippen molar-refractivity contribution in [1.29, 1.82) is 0 Å². The van der Waals surface area contributed by atoms with Crippen LogP contribution in [-0.2, 0) is 6.54 Å². The summed E-state index contributed by atoms with van der Waals surface area (Å²) in [6.45, 7) is 9.15. The highest BCUT2D eigenvalue weighted by molar-refractivity contribution is 7.15. The Morgan fingerprint density at radius 3 is 2.84 bits per heavy atom. The van der Waals surface area contributed by atoms with Gasteiger partial charge in [-0.2, -0.15) is 4.98 Å². The zero-order valence-corrected chi connectivity index (χ0v) is 12.1. The Morgan fingerprint density at radius 1 is 1.37 bits per heavy atom. The van der Waals surface area contributed by atoms with Crippen LogP contribution < -0.4 is 5.32 Å². The molecule has 0 radical (unpaired) electrons. The Hall–Kier alpha value is -1.24. The number of rotatable bonds is 3. The van der Waals surface area contributed by atoms with Crippen molar-refractivity contribution >= 4 is 11.3 Å². The van der Waals surface area contributed by atoms with Gasteiger partial charge < -0.3 is 9.84 Å². The number of piperazine rings is 1. The molecule has 19 heavy (non-hydrogen) atoms. The number of hydrogen-bond acceptors (Lipinski definition) is 6. The summed E-state index contributed by atoms with van der Waals surface area (Å²) in [5.41, 5.74) is 1.28. The fourth-order valence-corrected chi connectivity index (χ4v) is 3.12. The van der Waals surface area contributed by atoms with Crippen LogP contribution in [0.1, 0.15) is 16.3 Å². The van der Waals surface area contributed by atoms with Crippen LogP contribution in [0.15, 0.2) is 10.6 Å². The van der Waals surface area contributed by atoms with Crippen molar-refractivity contribution in [3.63, 3.8) is 0 Å². The van der Waals surface area contributed by atoms with Crippen molar-refractivity contribution < 1.29 is 4.52 Å². The number of aromatic nitrogens is 2. The monoisotopic (exact) mass is 278 g/mol. The van der Waals surface area contributed by atoms with Crippen LogP contribution in [-0.4, -0.2) is 41.2 Å². The maximum atomic E-state index is 5.37. The summed E-state index contributed by atoms with van der Waals surface area (Å²) in [6.07, 6.45) is 0. The van der Waals surface area contributed by atoms with Gasteiger partial charge in [0, 0.05) is 31.1 Å². The van der Waals surface area contributed by atoms with E-state index in [1.54, 1.807) is 11.3 Å². The van der Waals surface area contributed by atoms with Gasteiger partial charge in [-0.15, -0.1) is 11.3 Å². The molecule has 0 saturated carbocycles. The maximum absolute atomic E-state index is 5.37. The van der Waals surface area contributed by atoms with E-state index in [9.17, 15) is 0 Å². The SMILES string of the molecule is Cc1cc(-c2nc(CN3CCNCC3)no2)sc1C. The molecule has 1 fully saturated rings. The van der Waals surface area contributed by atoms with Crippen LogP contribution in [0, 0.1) is 13.8 Å². The van der Waals surface area contributed by atoms with Gasteiger partial charge in [0.1, 0.15) is 0 Å². The lowest BCUT2D eigenvalue weighted by Gasteiger charge is -2.25. The largest absolute Gasteiger partial charge is 0.333 e. The zero-order chi connectivity index (χ0) is 13.2. The number of hydrogen-bond donors (Lipinski definition) is 1. The smallest absolute Gasteiger partial charge is 0.268 e. The first-order valence-corrected chi connectivity index (χ1v) is 7.37. The highest BCUT2D eigenvalue weighted by Crippen LogP contribution is 2.29. The second-order valence-corrected chi connectivity index (χ2v) is 6.15. The lowest BCUT2D eigenvalue weighted by Crippen LogP contribution is -2.43. The van der Waals surface area contributed by atoms with Gasteiger partial charge in [0.2, 0.25) is 0 Å². The van der Waals surface area contributed by atoms with Gasteiger partial charge in [0.25, 0.3) is 5.89 Å². The predicted molar refractivity (Wildman–Crippen MR) is 75.2 cm³/mol. The summed E-state index contributed by atoms with van der Waals surface area (Å²) in [7, 11) is 0. The topological polar surface area (TPSA) is 54.2 Å². The minimum atomic E-state index is 0.645. The third kappa shape index (κ3) is 2.86. The number of aryl methyl sites for hydroxylation is 2. The lowest BCUT2D eigenvalue weighted by atomic mass is 10.3. The first kappa shape index (κ1) is 12.8. The Bertz CT molecular complexity index is 537. The van der Waals surface area contributed by atoms with Crippen molar-refractivity contribution in [2.24, 2.45) is 0 Å². The van der Waals surface area contributed by atoms with Gasteiger partial charge >= 0.3 is 0 Å². The first-order chi connectivity index (χ1) is 9.22. The average Bonchev–Trinajstić information content (AvgIpc) is 2.99. The molecule has 2 aromatic rings. The Balaban J connectivity index is 1.72. The summed E-state index contributed by atoms with van der Waals surface area (Å²) in [4.78, 5) is 9.21. The van der Waals surface area contributed by atoms with Crippen LogP contribution in [0.5, 0.6) is 0 Å². The normalized spacial score (nSPS) is 16.9. The van der Waals surface area contributed by atoms with Crippen LogP contribution in [0.4, 0.5) is 0 Å². The molecule has 1 aliphatic heterocycles. The van der Waals surface area contributed by atoms with E-state index in [-0.39, 0.29) is 0 Å². The maximum Gasteiger partial charge on any atom is 0.268 e. The molecule has 5 nitrogen and oxygen atoms in total. The molecule has 3 rings (SSSR count). The van der Waals surface area contributed by atoms with E-state index in [2.05, 4.69) is 40.3 Å². The molecule has 0 spiro atoms. The van der Waals surface area contributed by atoms with Gasteiger partial charge in [-0.1, -0.05) is 5.16 Å². The molecule has 3 heterocycles. The third-order valence-corrected chi connectivity index (χ3v) is 4.56. The number of nitrogens with one attached hydrogen (secondary N) is 1. The predicted octanol–water partition coefficient (Wildman–Crippen LogP) is 1.82. The molecule has 6 heteroatoms. The molecular formula is C13H18N4OS. The quantitative estimate of drug-likeness (QED) is 0.928. The number of thiophene rings is 1. The minimum absolute atomic E-state index is 0.645. The molecule has 1 saturated heterocycles. The van der Waals surface area contributed by atoms with E-state index in [1.807, 2.05) is 0 Å². The molecular weight excluding hydrogens is 260 g/mol. The molecule has 0 atom stereocenters. The molecule has 1 aliphatic rings. The molecule has 0 aliphatic carbocycles. The number of nitrogens with zero attached hydrogens (tertiary/aromatic N) is 3. The molecule has 0 aromatic carbocycles. The third-order valence-electron chi connectivity index (χ3n) is 3.42. The molecule has 0 bridgehead atoms. The van der Waals surface area contributed by atoms with E-state index < -0.39 is 0 Å². The molecule has 0 unspecified atom stereocenters. The molecule has 1 N–H and O–H groups in total. The Morgan fingerprint density at radius 2 is 2.16 bits per heavy atom. The molecule has 102 valence electrons. The van der Waals surface area contributed by atoms with Crippen LogP contribution >= 0.6 is 11.3 Å². The van der Waals surface area contributed by atoms with E-state index in [1.165, 1.54) is 10.4 Å². The fourth-order valence-electron chi connectivity index (χ4n) is 2.17. The van der Waals surface area contributed by atoms with Crippen LogP contribution in [0.2, 0.25) is 0 Å². The van der Waals surface area contributed by atoms with Gasteiger partial charge in [-0.3, -0.25) is 4.90 Å². The van der Waals surface area contributed by atoms with Crippen molar-refractivity contribution in [1.82, 2.24) is 20.4 Å². The molecule has 0 amide bonds. The van der Waals surface area contributed by atoms with E-state index in [4.69, 9.17) is 4.52 Å². The fraction of sp³-hybridized carbons (Fsp3) is 0.538. The van der Waals surface area contributed by atoms with Crippen LogP contribution in [0.25, 0.3) is 10.8 Å². The lowest BCUT2D eigenvalue weighted by molar-refractivity contribution is 0.225. The van der Waals surface area contributed by atoms with Crippen molar-refractivity contribution in [2.75, 3.05) is 26.2 Å². The highest BCUT2D eigenvalue weighted by Gasteiger charge is 2.16. The van der Waals surface area contributed by atoms with Crippen molar-refractivity contribution in [3.05, 3.63) is 22.3 Å². The van der Waals surface area contributed by atoms with Crippen molar-refractivity contribution in [2.45, 2.75) is 20.4 Å². The van der Waals surface area contributed by atoms with Crippen LogP contribution in [0.3, 0.4) is 0 Å². The van der Waals surface area contributed by atoms with Gasteiger partial charge in [0.15, 0.2) is 5.82 Å². The first-order valence-electron chi connectivity index (χ1n) is 6.55. The summed E-state index contributed by atoms with van der Waals surface area (Å²) in [6, 6.07) is 2.11. The van der Waals surface area contributed by atoms with Gasteiger partial charge in [-0.05, 0) is 25.5 Å². The second kappa shape index (κ2) is 5.40. The van der Waals surface area contributed by atoms with E-state index >= 15 is 0 Å². The Kier molecular flexibility index (Phi) is 3.63. The highest BCUT2D eigenvalue weighted by atomic mass is 32.1. The molecule has 2 aromatic heterocycles. The second-order valence-electron chi connectivity index (χ2n) is 4.89. The zero-order valence-electron chi connectivity index (χ0n) is 11.3. The van der Waals surface area contributed by atoms with Crippen molar-refractivity contribution in [3.8, 4) is 10.8 Å². The standard InChI is InChI=1S/C13H18N4OS/c1-9-7-11(19-10(9)2)13-15-12(16-18-13)8-17-5-3-14-4-6-17/h7,14H,3-6,8H2,1-2H3. The van der Waals surface area contributed by atoms with Gasteiger partial charge in [-0.25, -0.2) is 0 Å². The summed E-state index contributed by atoms with van der Waals surface area (Å²) in [5, 5.41) is 7.42. The van der Waals surface area contributed by atoms with E-state index in [0.29, 0.717) is 5.89 Å². The minimum Gasteiger partial charge on any atom is -0.333 e. The summed E-state index contributed by atoms with van der Waals surface area (Å²) < 4.78 is 5.37. The van der Waals surface area contributed by atoms with Gasteiger partial charge in [0.05, 0.1) is 11.4 Å².